The number of aromatic hydroxyl groups is 1. The zero-order valence-electron chi connectivity index (χ0n) is 9.23. The van der Waals surface area contributed by atoms with Gasteiger partial charge in [-0.1, -0.05) is 26.8 Å². The molecule has 1 atom stereocenters. The summed E-state index contributed by atoms with van der Waals surface area (Å²) < 4.78 is 4.85. The minimum Gasteiger partial charge on any atom is -0.508 e. The fourth-order valence-electron chi connectivity index (χ4n) is 1.48. The summed E-state index contributed by atoms with van der Waals surface area (Å²) in [6.45, 7) is 6.49. The summed E-state index contributed by atoms with van der Waals surface area (Å²) >= 11 is 0. The maximum atomic E-state index is 10.3. The van der Waals surface area contributed by atoms with Gasteiger partial charge < -0.3 is 9.84 Å². The Morgan fingerprint density at radius 1 is 1.33 bits per heavy atom. The molecule has 0 bridgehead atoms. The zero-order chi connectivity index (χ0) is 11.4. The van der Waals surface area contributed by atoms with Crippen LogP contribution in [-0.2, 0) is 4.79 Å². The van der Waals surface area contributed by atoms with Crippen molar-refractivity contribution in [2.24, 2.45) is 5.92 Å². The Morgan fingerprint density at radius 3 is 2.53 bits per heavy atom. The van der Waals surface area contributed by atoms with Gasteiger partial charge in [-0.3, -0.25) is 4.79 Å². The van der Waals surface area contributed by atoms with Crippen LogP contribution in [0.4, 0.5) is 0 Å². The van der Waals surface area contributed by atoms with Gasteiger partial charge in [0.15, 0.2) is 0 Å². The van der Waals surface area contributed by atoms with E-state index in [1.54, 1.807) is 18.2 Å². The van der Waals surface area contributed by atoms with Crippen molar-refractivity contribution < 1.29 is 14.6 Å². The van der Waals surface area contributed by atoms with E-state index in [4.69, 9.17) is 4.74 Å². The van der Waals surface area contributed by atoms with E-state index in [9.17, 15) is 9.90 Å². The van der Waals surface area contributed by atoms with Crippen molar-refractivity contribution in [2.75, 3.05) is 0 Å². The molecule has 1 rings (SSSR count). The number of hydrogen-bond donors (Lipinski definition) is 1. The number of phenols is 1. The van der Waals surface area contributed by atoms with Gasteiger partial charge in [-0.15, -0.1) is 0 Å². The molecule has 0 heterocycles. The first-order valence-electron chi connectivity index (χ1n) is 5.00. The van der Waals surface area contributed by atoms with Crippen molar-refractivity contribution in [3.05, 3.63) is 23.8 Å². The first kappa shape index (κ1) is 11.6. The van der Waals surface area contributed by atoms with Crippen LogP contribution in [0, 0.1) is 5.92 Å². The fourth-order valence-corrected chi connectivity index (χ4v) is 1.48. The average molecular weight is 208 g/mol. The van der Waals surface area contributed by atoms with Gasteiger partial charge in [0.2, 0.25) is 0 Å². The highest BCUT2D eigenvalue weighted by molar-refractivity contribution is 5.53. The van der Waals surface area contributed by atoms with E-state index in [1.807, 2.05) is 6.92 Å². The van der Waals surface area contributed by atoms with Crippen LogP contribution in [0.2, 0.25) is 0 Å². The Kier molecular flexibility index (Phi) is 3.72. The van der Waals surface area contributed by atoms with Gasteiger partial charge >= 0.3 is 0 Å². The smallest absolute Gasteiger partial charge is 0.298 e. The minimum absolute atomic E-state index is 0.140. The molecule has 0 aliphatic rings. The quantitative estimate of drug-likeness (QED) is 0.774. The number of carbonyl (C=O) groups excluding carboxylic acids is 1. The van der Waals surface area contributed by atoms with Crippen molar-refractivity contribution in [3.8, 4) is 11.5 Å². The lowest BCUT2D eigenvalue weighted by Gasteiger charge is -2.19. The Morgan fingerprint density at radius 2 is 2.00 bits per heavy atom. The molecule has 0 spiro atoms. The first-order valence-corrected chi connectivity index (χ1v) is 5.00. The molecule has 0 aliphatic carbocycles. The predicted molar refractivity (Wildman–Crippen MR) is 58.1 cm³/mol. The van der Waals surface area contributed by atoms with Crippen LogP contribution in [0.5, 0.6) is 11.5 Å². The van der Waals surface area contributed by atoms with E-state index >= 15 is 0 Å². The number of hydrogen-bond acceptors (Lipinski definition) is 3. The third-order valence-electron chi connectivity index (χ3n) is 2.67. The summed E-state index contributed by atoms with van der Waals surface area (Å²) in [5, 5.41) is 9.74. The molecule has 15 heavy (non-hydrogen) atoms. The molecule has 0 aliphatic heterocycles. The molecule has 3 heteroatoms. The summed E-state index contributed by atoms with van der Waals surface area (Å²) in [5.74, 6) is 1.12. The van der Waals surface area contributed by atoms with Crippen molar-refractivity contribution in [1.29, 1.82) is 0 Å². The molecule has 1 N–H and O–H groups in total. The Labute approximate surface area is 89.7 Å². The normalized spacial score (nSPS) is 12.5. The largest absolute Gasteiger partial charge is 0.508 e. The van der Waals surface area contributed by atoms with Crippen LogP contribution in [0.15, 0.2) is 18.2 Å². The Hall–Kier alpha value is -1.51. The number of rotatable bonds is 4. The van der Waals surface area contributed by atoms with Crippen molar-refractivity contribution >= 4 is 6.47 Å². The maximum absolute atomic E-state index is 10.3. The summed E-state index contributed by atoms with van der Waals surface area (Å²) in [5.41, 5.74) is 0.694. The standard InChI is InChI=1S/C12H16O3/c1-8(2)9(3)12-10(14)5-4-6-11(12)15-7-13/h4-9,14H,1-3H3. The third kappa shape index (κ3) is 2.49. The number of benzene rings is 1. The fraction of sp³-hybridized carbons (Fsp3) is 0.417. The molecule has 1 unspecified atom stereocenters. The molecule has 0 radical (unpaired) electrons. The van der Waals surface area contributed by atoms with E-state index in [-0.39, 0.29) is 11.7 Å². The topological polar surface area (TPSA) is 46.5 Å². The van der Waals surface area contributed by atoms with Gasteiger partial charge in [0, 0.05) is 5.56 Å². The third-order valence-corrected chi connectivity index (χ3v) is 2.67. The maximum Gasteiger partial charge on any atom is 0.298 e. The molecule has 0 saturated heterocycles. The van der Waals surface area contributed by atoms with E-state index in [2.05, 4.69) is 13.8 Å². The van der Waals surface area contributed by atoms with Crippen LogP contribution in [0.1, 0.15) is 32.3 Å². The lowest BCUT2D eigenvalue weighted by molar-refractivity contribution is -0.120. The molecular weight excluding hydrogens is 192 g/mol. The molecule has 1 aromatic carbocycles. The monoisotopic (exact) mass is 208 g/mol. The molecule has 0 amide bonds. The molecular formula is C12H16O3. The summed E-state index contributed by atoms with van der Waals surface area (Å²) in [6.07, 6.45) is 0. The number of phenolic OH excluding ortho intramolecular Hbond substituents is 1. The van der Waals surface area contributed by atoms with Crippen LogP contribution in [0.3, 0.4) is 0 Å². The lowest BCUT2D eigenvalue weighted by atomic mass is 9.89. The highest BCUT2D eigenvalue weighted by atomic mass is 16.5. The van der Waals surface area contributed by atoms with Crippen LogP contribution >= 0.6 is 0 Å². The van der Waals surface area contributed by atoms with Gasteiger partial charge in [0.25, 0.3) is 6.47 Å². The van der Waals surface area contributed by atoms with Gasteiger partial charge in [-0.2, -0.15) is 0 Å². The van der Waals surface area contributed by atoms with Crippen LogP contribution < -0.4 is 4.74 Å². The molecule has 82 valence electrons. The number of ether oxygens (including phenoxy) is 1. The zero-order valence-corrected chi connectivity index (χ0v) is 9.23. The SMILES string of the molecule is CC(C)C(C)c1c(O)cccc1OC=O. The average Bonchev–Trinajstić information content (AvgIpc) is 2.17. The van der Waals surface area contributed by atoms with Crippen molar-refractivity contribution in [3.63, 3.8) is 0 Å². The molecule has 1 aromatic rings. The molecule has 0 fully saturated rings. The summed E-state index contributed by atoms with van der Waals surface area (Å²) in [7, 11) is 0. The second-order valence-corrected chi connectivity index (χ2v) is 3.94. The second-order valence-electron chi connectivity index (χ2n) is 3.94. The van der Waals surface area contributed by atoms with Crippen molar-refractivity contribution in [2.45, 2.75) is 26.7 Å². The Bertz CT molecular complexity index is 345. The molecule has 0 saturated carbocycles. The van der Waals surface area contributed by atoms with E-state index in [1.165, 1.54) is 0 Å². The number of carbonyl (C=O) groups is 1. The van der Waals surface area contributed by atoms with Gasteiger partial charge in [0.05, 0.1) is 0 Å². The van der Waals surface area contributed by atoms with E-state index in [0.717, 1.165) is 0 Å². The molecule has 0 aromatic heterocycles. The highest BCUT2D eigenvalue weighted by Crippen LogP contribution is 2.37. The van der Waals surface area contributed by atoms with Crippen molar-refractivity contribution in [1.82, 2.24) is 0 Å². The Balaban J connectivity index is 3.17. The van der Waals surface area contributed by atoms with Gasteiger partial charge in [0.1, 0.15) is 11.5 Å². The van der Waals surface area contributed by atoms with Crippen LogP contribution in [-0.4, -0.2) is 11.6 Å². The first-order chi connectivity index (χ1) is 7.07. The summed E-state index contributed by atoms with van der Waals surface area (Å²) in [6, 6.07) is 4.94. The van der Waals surface area contributed by atoms with Crippen LogP contribution in [0.25, 0.3) is 0 Å². The highest BCUT2D eigenvalue weighted by Gasteiger charge is 2.18. The second kappa shape index (κ2) is 4.82. The lowest BCUT2D eigenvalue weighted by Crippen LogP contribution is -2.05. The van der Waals surface area contributed by atoms with E-state index < -0.39 is 0 Å². The van der Waals surface area contributed by atoms with Gasteiger partial charge in [-0.25, -0.2) is 0 Å². The van der Waals surface area contributed by atoms with E-state index in [0.29, 0.717) is 23.7 Å². The summed E-state index contributed by atoms with van der Waals surface area (Å²) in [4.78, 5) is 10.3. The van der Waals surface area contributed by atoms with Gasteiger partial charge in [-0.05, 0) is 24.0 Å². The minimum atomic E-state index is 0.140. The molecule has 3 nitrogen and oxygen atoms in total. The predicted octanol–water partition coefficient (Wildman–Crippen LogP) is 2.69.